The van der Waals surface area contributed by atoms with E-state index < -0.39 is 0 Å². The molecule has 144 valence electrons. The van der Waals surface area contributed by atoms with E-state index in [4.69, 9.17) is 0 Å². The Morgan fingerprint density at radius 1 is 1.04 bits per heavy atom. The number of hydrogen-bond donors (Lipinski definition) is 0. The Labute approximate surface area is 161 Å². The van der Waals surface area contributed by atoms with E-state index in [1.165, 1.54) is 0 Å². The van der Waals surface area contributed by atoms with E-state index in [0.717, 1.165) is 25.7 Å². The summed E-state index contributed by atoms with van der Waals surface area (Å²) in [6.45, 7) is 0.357. The highest BCUT2D eigenvalue weighted by molar-refractivity contribution is 5.78. The molecule has 1 amide bonds. The molecule has 2 unspecified atom stereocenters. The second-order valence-electron chi connectivity index (χ2n) is 7.67. The molecule has 0 radical (unpaired) electrons. The van der Waals surface area contributed by atoms with Crippen LogP contribution in [0.1, 0.15) is 38.1 Å². The fourth-order valence-corrected chi connectivity index (χ4v) is 4.77. The summed E-state index contributed by atoms with van der Waals surface area (Å²) in [5, 5.41) is 9.14. The maximum Gasteiger partial charge on any atom is 0.261 e. The number of amides is 1. The summed E-state index contributed by atoms with van der Waals surface area (Å²) in [6.07, 6.45) is 9.13. The van der Waals surface area contributed by atoms with Crippen LogP contribution in [0.2, 0.25) is 0 Å². The number of aryl methyl sites for hydroxylation is 1. The Kier molecular flexibility index (Phi) is 4.18. The molecule has 2 aromatic heterocycles. The van der Waals surface area contributed by atoms with Crippen molar-refractivity contribution >= 4 is 16.8 Å². The molecule has 5 rings (SSSR count). The van der Waals surface area contributed by atoms with Gasteiger partial charge in [-0.3, -0.25) is 14.2 Å². The lowest BCUT2D eigenvalue weighted by atomic mass is 9.97. The number of carbonyl (C=O) groups excluding carboxylic acids is 1. The van der Waals surface area contributed by atoms with Gasteiger partial charge >= 0.3 is 0 Å². The number of aromatic nitrogens is 5. The van der Waals surface area contributed by atoms with Crippen LogP contribution >= 0.6 is 0 Å². The first-order valence-electron chi connectivity index (χ1n) is 9.82. The molecule has 2 bridgehead atoms. The van der Waals surface area contributed by atoms with Gasteiger partial charge in [0.15, 0.2) is 0 Å². The van der Waals surface area contributed by atoms with Crippen LogP contribution in [0, 0.1) is 0 Å². The van der Waals surface area contributed by atoms with E-state index in [-0.39, 0.29) is 29.6 Å². The van der Waals surface area contributed by atoms with Crippen molar-refractivity contribution in [3.05, 3.63) is 53.3 Å². The first-order chi connectivity index (χ1) is 13.7. The standard InChI is InChI=1S/C20H22N6O2/c27-19(7-10-24-13-21-18-4-2-1-3-17(18)20(24)28)25-14-5-6-15(25)12-16(11-14)26-22-8-9-23-26/h1-4,8-9,13-16H,5-7,10-12H2. The maximum absolute atomic E-state index is 13.0. The van der Waals surface area contributed by atoms with E-state index in [2.05, 4.69) is 20.1 Å². The number of nitrogens with zero attached hydrogens (tertiary/aromatic N) is 6. The zero-order valence-electron chi connectivity index (χ0n) is 15.5. The molecule has 2 fully saturated rings. The normalized spacial score (nSPS) is 24.0. The summed E-state index contributed by atoms with van der Waals surface area (Å²) >= 11 is 0. The first kappa shape index (κ1) is 17.1. The zero-order chi connectivity index (χ0) is 19.1. The Morgan fingerprint density at radius 2 is 1.75 bits per heavy atom. The third kappa shape index (κ3) is 2.89. The Morgan fingerprint density at radius 3 is 2.50 bits per heavy atom. The minimum atomic E-state index is -0.0927. The number of hydrogen-bond acceptors (Lipinski definition) is 5. The minimum absolute atomic E-state index is 0.0927. The molecule has 4 heterocycles. The summed E-state index contributed by atoms with van der Waals surface area (Å²) in [4.78, 5) is 33.7. The van der Waals surface area contributed by atoms with Gasteiger partial charge in [0.1, 0.15) is 0 Å². The molecule has 2 atom stereocenters. The molecule has 3 aromatic rings. The Balaban J connectivity index is 1.28. The average molecular weight is 378 g/mol. The van der Waals surface area contributed by atoms with Crippen molar-refractivity contribution in [3.8, 4) is 0 Å². The van der Waals surface area contributed by atoms with E-state index in [1.807, 2.05) is 18.2 Å². The highest BCUT2D eigenvalue weighted by Gasteiger charge is 2.43. The molecular weight excluding hydrogens is 356 g/mol. The number of benzene rings is 1. The zero-order valence-corrected chi connectivity index (χ0v) is 15.5. The van der Waals surface area contributed by atoms with E-state index in [0.29, 0.717) is 23.9 Å². The van der Waals surface area contributed by atoms with Crippen LogP contribution in [-0.2, 0) is 11.3 Å². The summed E-state index contributed by atoms with van der Waals surface area (Å²) in [5.74, 6) is 0.124. The number of carbonyl (C=O) groups is 1. The largest absolute Gasteiger partial charge is 0.337 e. The number of piperidine rings is 1. The number of fused-ring (bicyclic) bond motifs is 3. The second-order valence-corrected chi connectivity index (χ2v) is 7.67. The van der Waals surface area contributed by atoms with Gasteiger partial charge in [-0.2, -0.15) is 15.0 Å². The number of para-hydroxylation sites is 1. The lowest BCUT2D eigenvalue weighted by molar-refractivity contribution is -0.136. The van der Waals surface area contributed by atoms with Gasteiger partial charge in [-0.1, -0.05) is 12.1 Å². The molecule has 0 N–H and O–H groups in total. The van der Waals surface area contributed by atoms with Gasteiger partial charge in [-0.25, -0.2) is 4.98 Å². The predicted molar refractivity (Wildman–Crippen MR) is 103 cm³/mol. The topological polar surface area (TPSA) is 85.9 Å². The third-order valence-electron chi connectivity index (χ3n) is 6.06. The van der Waals surface area contributed by atoms with Gasteiger partial charge in [-0.15, -0.1) is 0 Å². The van der Waals surface area contributed by atoms with Crippen molar-refractivity contribution in [3.63, 3.8) is 0 Å². The molecule has 2 aliphatic rings. The minimum Gasteiger partial charge on any atom is -0.337 e. The van der Waals surface area contributed by atoms with Gasteiger partial charge in [0.25, 0.3) is 5.56 Å². The van der Waals surface area contributed by atoms with Crippen LogP contribution in [0.15, 0.2) is 47.8 Å². The summed E-state index contributed by atoms with van der Waals surface area (Å²) in [7, 11) is 0. The Hall–Kier alpha value is -3.03. The molecular formula is C20H22N6O2. The van der Waals surface area contributed by atoms with Gasteiger partial charge in [-0.05, 0) is 37.8 Å². The van der Waals surface area contributed by atoms with Crippen molar-refractivity contribution in [2.45, 2.75) is 56.8 Å². The van der Waals surface area contributed by atoms with E-state index in [1.54, 1.807) is 34.2 Å². The summed E-state index contributed by atoms with van der Waals surface area (Å²) in [6, 6.07) is 8.05. The third-order valence-corrected chi connectivity index (χ3v) is 6.06. The number of rotatable bonds is 4. The molecule has 8 nitrogen and oxygen atoms in total. The molecule has 2 aliphatic heterocycles. The van der Waals surface area contributed by atoms with Gasteiger partial charge < -0.3 is 4.90 Å². The van der Waals surface area contributed by atoms with Crippen LogP contribution < -0.4 is 5.56 Å². The smallest absolute Gasteiger partial charge is 0.261 e. The van der Waals surface area contributed by atoms with Crippen LogP contribution in [0.5, 0.6) is 0 Å². The van der Waals surface area contributed by atoms with E-state index >= 15 is 0 Å². The summed E-state index contributed by atoms with van der Waals surface area (Å²) < 4.78 is 1.54. The van der Waals surface area contributed by atoms with Gasteiger partial charge in [0.05, 0.1) is 35.7 Å². The fourth-order valence-electron chi connectivity index (χ4n) is 4.77. The van der Waals surface area contributed by atoms with Crippen molar-refractivity contribution < 1.29 is 4.79 Å². The first-order valence-corrected chi connectivity index (χ1v) is 9.82. The lowest BCUT2D eigenvalue weighted by Crippen LogP contribution is -2.47. The molecule has 8 heteroatoms. The molecule has 0 aliphatic carbocycles. The predicted octanol–water partition coefficient (Wildman–Crippen LogP) is 1.77. The van der Waals surface area contributed by atoms with Crippen LogP contribution in [-0.4, -0.2) is 47.4 Å². The van der Waals surface area contributed by atoms with Crippen molar-refractivity contribution in [1.29, 1.82) is 0 Å². The SMILES string of the molecule is O=C(CCn1cnc2ccccc2c1=O)N1C2CCC1CC(n1nccn1)C2. The second kappa shape index (κ2) is 6.85. The van der Waals surface area contributed by atoms with Crippen LogP contribution in [0.4, 0.5) is 0 Å². The van der Waals surface area contributed by atoms with Crippen molar-refractivity contribution in [1.82, 2.24) is 29.4 Å². The van der Waals surface area contributed by atoms with Gasteiger partial charge in [0.2, 0.25) is 5.91 Å². The molecule has 0 spiro atoms. The van der Waals surface area contributed by atoms with Crippen LogP contribution in [0.25, 0.3) is 10.9 Å². The summed E-state index contributed by atoms with van der Waals surface area (Å²) in [5.41, 5.74) is 0.590. The molecule has 28 heavy (non-hydrogen) atoms. The molecule has 0 saturated carbocycles. The van der Waals surface area contributed by atoms with Crippen LogP contribution in [0.3, 0.4) is 0 Å². The monoisotopic (exact) mass is 378 g/mol. The lowest BCUT2D eigenvalue weighted by Gasteiger charge is -2.38. The van der Waals surface area contributed by atoms with Crippen molar-refractivity contribution in [2.24, 2.45) is 0 Å². The van der Waals surface area contributed by atoms with Gasteiger partial charge in [0, 0.05) is 25.0 Å². The quantitative estimate of drug-likeness (QED) is 0.691. The fraction of sp³-hybridized carbons (Fsp3) is 0.450. The van der Waals surface area contributed by atoms with Crippen molar-refractivity contribution in [2.75, 3.05) is 0 Å². The average Bonchev–Trinajstić information content (AvgIpc) is 3.34. The Bertz CT molecular complexity index is 1050. The maximum atomic E-state index is 13.0. The van der Waals surface area contributed by atoms with E-state index in [9.17, 15) is 9.59 Å². The highest BCUT2D eigenvalue weighted by Crippen LogP contribution is 2.40. The molecule has 2 saturated heterocycles. The highest BCUT2D eigenvalue weighted by atomic mass is 16.2. The molecule has 1 aromatic carbocycles.